The number of thioether (sulfide) groups is 1. The largest absolute Gasteiger partial charge is 0.322 e. The number of hydrogen-bond acceptors (Lipinski definition) is 3. The number of nitrogens with one attached hydrogen (secondary N) is 1. The van der Waals surface area contributed by atoms with E-state index in [1.807, 2.05) is 72.5 Å². The van der Waals surface area contributed by atoms with E-state index < -0.39 is 0 Å². The van der Waals surface area contributed by atoms with Crippen molar-refractivity contribution >= 4 is 35.0 Å². The summed E-state index contributed by atoms with van der Waals surface area (Å²) in [5.74, 6) is 0.420. The molecule has 3 aromatic rings. The van der Waals surface area contributed by atoms with Crippen molar-refractivity contribution in [2.24, 2.45) is 0 Å². The highest BCUT2D eigenvalue weighted by Crippen LogP contribution is 2.42. The van der Waals surface area contributed by atoms with E-state index in [-0.39, 0.29) is 17.2 Å². The Morgan fingerprint density at radius 2 is 1.76 bits per heavy atom. The first kappa shape index (κ1) is 24.1. The van der Waals surface area contributed by atoms with Crippen LogP contribution >= 0.6 is 11.8 Å². The van der Waals surface area contributed by atoms with Crippen molar-refractivity contribution in [2.45, 2.75) is 51.3 Å². The quantitative estimate of drug-likeness (QED) is 0.337. The molecule has 0 spiro atoms. The SMILES string of the molecule is CCCCCCc1ccc(C(=O)Nc2cccc([C@H]3SCC(=O)N3c3ccc(C)cc3)c2)cc1. The van der Waals surface area contributed by atoms with Crippen LogP contribution in [0, 0.1) is 6.92 Å². The molecule has 4 rings (SSSR count). The Kier molecular flexibility index (Phi) is 8.07. The molecule has 0 aromatic heterocycles. The molecular formula is C29H32N2O2S. The number of anilines is 2. The fourth-order valence-electron chi connectivity index (χ4n) is 4.21. The number of rotatable bonds is 9. The molecular weight excluding hydrogens is 440 g/mol. The zero-order valence-corrected chi connectivity index (χ0v) is 20.7. The van der Waals surface area contributed by atoms with E-state index in [9.17, 15) is 9.59 Å². The van der Waals surface area contributed by atoms with Crippen molar-refractivity contribution in [3.63, 3.8) is 0 Å². The molecule has 5 heteroatoms. The molecule has 0 bridgehead atoms. The summed E-state index contributed by atoms with van der Waals surface area (Å²) in [6, 6.07) is 23.7. The molecule has 176 valence electrons. The van der Waals surface area contributed by atoms with Crippen molar-refractivity contribution in [1.82, 2.24) is 0 Å². The van der Waals surface area contributed by atoms with Crippen molar-refractivity contribution in [2.75, 3.05) is 16.0 Å². The summed E-state index contributed by atoms with van der Waals surface area (Å²) >= 11 is 1.61. The highest BCUT2D eigenvalue weighted by atomic mass is 32.2. The Labute approximate surface area is 206 Å². The maximum atomic E-state index is 12.8. The Hall–Kier alpha value is -3.05. The Morgan fingerprint density at radius 3 is 2.50 bits per heavy atom. The minimum atomic E-state index is -0.125. The van der Waals surface area contributed by atoms with Crippen LogP contribution in [0.2, 0.25) is 0 Å². The zero-order chi connectivity index (χ0) is 23.9. The van der Waals surface area contributed by atoms with Crippen LogP contribution in [-0.2, 0) is 11.2 Å². The van der Waals surface area contributed by atoms with Crippen molar-refractivity contribution in [3.05, 3.63) is 95.1 Å². The van der Waals surface area contributed by atoms with E-state index in [2.05, 4.69) is 24.4 Å². The third-order valence-corrected chi connectivity index (χ3v) is 7.36. The van der Waals surface area contributed by atoms with E-state index >= 15 is 0 Å². The number of carbonyl (C=O) groups excluding carboxylic acids is 2. The lowest BCUT2D eigenvalue weighted by Gasteiger charge is -2.25. The molecule has 1 heterocycles. The minimum absolute atomic E-state index is 0.100. The molecule has 3 aromatic carbocycles. The Balaban J connectivity index is 1.43. The molecule has 1 N–H and O–H groups in total. The van der Waals surface area contributed by atoms with Gasteiger partial charge >= 0.3 is 0 Å². The minimum Gasteiger partial charge on any atom is -0.322 e. The molecule has 0 aliphatic carbocycles. The normalized spacial score (nSPS) is 15.5. The molecule has 0 unspecified atom stereocenters. The predicted molar refractivity (Wildman–Crippen MR) is 143 cm³/mol. The lowest BCUT2D eigenvalue weighted by atomic mass is 10.0. The summed E-state index contributed by atoms with van der Waals surface area (Å²) < 4.78 is 0. The fraction of sp³-hybridized carbons (Fsp3) is 0.310. The highest BCUT2D eigenvalue weighted by Gasteiger charge is 2.34. The first-order valence-electron chi connectivity index (χ1n) is 12.1. The zero-order valence-electron chi connectivity index (χ0n) is 19.9. The van der Waals surface area contributed by atoms with Gasteiger partial charge in [0.15, 0.2) is 0 Å². The molecule has 1 aliphatic heterocycles. The lowest BCUT2D eigenvalue weighted by Crippen LogP contribution is -2.27. The molecule has 0 radical (unpaired) electrons. The molecule has 4 nitrogen and oxygen atoms in total. The third kappa shape index (κ3) is 5.89. The summed E-state index contributed by atoms with van der Waals surface area (Å²) in [4.78, 5) is 27.3. The van der Waals surface area contributed by atoms with Gasteiger partial charge in [0, 0.05) is 16.9 Å². The van der Waals surface area contributed by atoms with E-state index in [4.69, 9.17) is 0 Å². The number of nitrogens with zero attached hydrogens (tertiary/aromatic N) is 1. The van der Waals surface area contributed by atoms with Gasteiger partial charge in [-0.2, -0.15) is 0 Å². The molecule has 1 fully saturated rings. The fourth-order valence-corrected chi connectivity index (χ4v) is 5.37. The van der Waals surface area contributed by atoms with Gasteiger partial charge in [0.25, 0.3) is 5.91 Å². The molecule has 1 atom stereocenters. The topological polar surface area (TPSA) is 49.4 Å². The van der Waals surface area contributed by atoms with Crippen LogP contribution in [0.15, 0.2) is 72.8 Å². The first-order valence-corrected chi connectivity index (χ1v) is 13.1. The Bertz CT molecular complexity index is 1130. The van der Waals surface area contributed by atoms with Gasteiger partial charge < -0.3 is 5.32 Å². The number of unbranched alkanes of at least 4 members (excludes halogenated alkanes) is 3. The lowest BCUT2D eigenvalue weighted by molar-refractivity contribution is -0.115. The van der Waals surface area contributed by atoms with Crippen LogP contribution in [0.3, 0.4) is 0 Å². The predicted octanol–water partition coefficient (Wildman–Crippen LogP) is 7.15. The highest BCUT2D eigenvalue weighted by molar-refractivity contribution is 8.00. The van der Waals surface area contributed by atoms with Gasteiger partial charge in [0.05, 0.1) is 5.75 Å². The van der Waals surface area contributed by atoms with Gasteiger partial charge in [-0.1, -0.05) is 68.1 Å². The summed E-state index contributed by atoms with van der Waals surface area (Å²) in [6.07, 6.45) is 6.00. The van der Waals surface area contributed by atoms with Gasteiger partial charge in [0.1, 0.15) is 5.37 Å². The van der Waals surface area contributed by atoms with Crippen LogP contribution < -0.4 is 10.2 Å². The number of hydrogen-bond donors (Lipinski definition) is 1. The second-order valence-electron chi connectivity index (χ2n) is 8.85. The molecule has 1 saturated heterocycles. The van der Waals surface area contributed by atoms with Gasteiger partial charge in [-0.05, 0) is 67.3 Å². The van der Waals surface area contributed by atoms with Crippen molar-refractivity contribution in [1.29, 1.82) is 0 Å². The third-order valence-electron chi connectivity index (χ3n) is 6.14. The van der Waals surface area contributed by atoms with E-state index in [0.29, 0.717) is 11.3 Å². The molecule has 2 amide bonds. The van der Waals surface area contributed by atoms with E-state index in [1.165, 1.54) is 31.2 Å². The number of amides is 2. The van der Waals surface area contributed by atoms with Crippen molar-refractivity contribution < 1.29 is 9.59 Å². The van der Waals surface area contributed by atoms with Crippen LogP contribution in [0.25, 0.3) is 0 Å². The molecule has 34 heavy (non-hydrogen) atoms. The smallest absolute Gasteiger partial charge is 0.255 e. The molecule has 0 saturated carbocycles. The second kappa shape index (κ2) is 11.4. The monoisotopic (exact) mass is 472 g/mol. The first-order chi connectivity index (χ1) is 16.5. The van der Waals surface area contributed by atoms with Gasteiger partial charge in [0.2, 0.25) is 5.91 Å². The summed E-state index contributed by atoms with van der Waals surface area (Å²) in [7, 11) is 0. The average Bonchev–Trinajstić information content (AvgIpc) is 3.24. The Morgan fingerprint density at radius 1 is 1.00 bits per heavy atom. The van der Waals surface area contributed by atoms with Gasteiger partial charge in [-0.3, -0.25) is 14.5 Å². The number of benzene rings is 3. The van der Waals surface area contributed by atoms with Gasteiger partial charge in [-0.25, -0.2) is 0 Å². The molecule has 1 aliphatic rings. The maximum absolute atomic E-state index is 12.8. The summed E-state index contributed by atoms with van der Waals surface area (Å²) in [5.41, 5.74) is 5.71. The van der Waals surface area contributed by atoms with E-state index in [0.717, 1.165) is 28.9 Å². The van der Waals surface area contributed by atoms with Crippen LogP contribution in [0.5, 0.6) is 0 Å². The van der Waals surface area contributed by atoms with E-state index in [1.54, 1.807) is 11.8 Å². The summed E-state index contributed by atoms with van der Waals surface area (Å²) in [5, 5.41) is 2.91. The number of aryl methyl sites for hydroxylation is 2. The van der Waals surface area contributed by atoms with Crippen LogP contribution in [0.1, 0.15) is 65.0 Å². The van der Waals surface area contributed by atoms with Gasteiger partial charge in [-0.15, -0.1) is 11.8 Å². The average molecular weight is 473 g/mol. The van der Waals surface area contributed by atoms with Crippen LogP contribution in [0.4, 0.5) is 11.4 Å². The summed E-state index contributed by atoms with van der Waals surface area (Å²) in [6.45, 7) is 4.25. The standard InChI is InChI=1S/C29H32N2O2S/c1-3-4-5-6-8-22-13-15-23(16-14-22)28(33)30-25-10-7-9-24(19-25)29-31(27(32)20-34-29)26-17-11-21(2)12-18-26/h7,9-19,29H,3-6,8,20H2,1-2H3,(H,30,33)/t29-/m1/s1. The maximum Gasteiger partial charge on any atom is 0.255 e. The number of carbonyl (C=O) groups is 2. The van der Waals surface area contributed by atoms with Crippen LogP contribution in [-0.4, -0.2) is 17.6 Å². The second-order valence-corrected chi connectivity index (χ2v) is 9.92. The van der Waals surface area contributed by atoms with Crippen molar-refractivity contribution in [3.8, 4) is 0 Å².